The number of aromatic amines is 1. The summed E-state index contributed by atoms with van der Waals surface area (Å²) in [6.07, 6.45) is 1.66. The summed E-state index contributed by atoms with van der Waals surface area (Å²) in [5.41, 5.74) is 0.347. The molecule has 0 saturated carbocycles. The number of hydrogen-bond acceptors (Lipinski definition) is 5. The lowest BCUT2D eigenvalue weighted by Crippen LogP contribution is -2.35. The van der Waals surface area contributed by atoms with Gasteiger partial charge in [-0.1, -0.05) is 6.92 Å². The van der Waals surface area contributed by atoms with Crippen molar-refractivity contribution in [3.63, 3.8) is 0 Å². The number of ether oxygens (including phenoxy) is 1. The minimum atomic E-state index is -0.521. The van der Waals surface area contributed by atoms with E-state index in [4.69, 9.17) is 4.74 Å². The summed E-state index contributed by atoms with van der Waals surface area (Å²) in [6, 6.07) is 4.33. The van der Waals surface area contributed by atoms with Gasteiger partial charge in [0.15, 0.2) is 11.6 Å². The maximum absolute atomic E-state index is 13.9. The summed E-state index contributed by atoms with van der Waals surface area (Å²) >= 11 is 0. The first-order valence-corrected chi connectivity index (χ1v) is 8.86. The first-order chi connectivity index (χ1) is 12.6. The molecule has 1 aromatic carbocycles. The summed E-state index contributed by atoms with van der Waals surface area (Å²) in [4.78, 5) is 21.2. The van der Waals surface area contributed by atoms with Gasteiger partial charge in [0.2, 0.25) is 0 Å². The second-order valence-electron chi connectivity index (χ2n) is 6.32. The molecule has 2 aromatic rings. The fourth-order valence-electron chi connectivity index (χ4n) is 3.09. The molecule has 0 radical (unpaired) electrons. The van der Waals surface area contributed by atoms with Crippen LogP contribution < -0.4 is 4.74 Å². The van der Waals surface area contributed by atoms with E-state index in [2.05, 4.69) is 20.1 Å². The van der Waals surface area contributed by atoms with Crippen LogP contribution in [0.5, 0.6) is 5.75 Å². The highest BCUT2D eigenvalue weighted by atomic mass is 19.1. The van der Waals surface area contributed by atoms with E-state index in [-0.39, 0.29) is 11.7 Å². The molecule has 1 amide bonds. The van der Waals surface area contributed by atoms with Crippen molar-refractivity contribution >= 4 is 5.91 Å². The Labute approximate surface area is 152 Å². The van der Waals surface area contributed by atoms with Crippen molar-refractivity contribution in [3.05, 3.63) is 41.2 Å². The second kappa shape index (κ2) is 8.27. The fourth-order valence-corrected chi connectivity index (χ4v) is 3.09. The molecule has 2 heterocycles. The summed E-state index contributed by atoms with van der Waals surface area (Å²) < 4.78 is 18.8. The van der Waals surface area contributed by atoms with Crippen molar-refractivity contribution in [3.8, 4) is 5.75 Å². The van der Waals surface area contributed by atoms with Crippen LogP contribution in [0.15, 0.2) is 18.2 Å². The van der Waals surface area contributed by atoms with Crippen LogP contribution in [0.3, 0.4) is 0 Å². The number of amides is 1. The van der Waals surface area contributed by atoms with Crippen LogP contribution in [0, 0.1) is 5.82 Å². The predicted molar refractivity (Wildman–Crippen MR) is 94.5 cm³/mol. The van der Waals surface area contributed by atoms with E-state index in [1.54, 1.807) is 11.0 Å². The van der Waals surface area contributed by atoms with Gasteiger partial charge >= 0.3 is 0 Å². The van der Waals surface area contributed by atoms with E-state index in [1.807, 2.05) is 6.92 Å². The van der Waals surface area contributed by atoms with E-state index in [9.17, 15) is 9.18 Å². The lowest BCUT2D eigenvalue weighted by atomic mass is 10.1. The molecular formula is C18H24FN5O2. The molecule has 1 aliphatic rings. The van der Waals surface area contributed by atoms with Gasteiger partial charge in [-0.3, -0.25) is 14.8 Å². The smallest absolute Gasteiger partial charge is 0.254 e. The Morgan fingerprint density at radius 3 is 2.85 bits per heavy atom. The third-order valence-corrected chi connectivity index (χ3v) is 4.54. The summed E-state index contributed by atoms with van der Waals surface area (Å²) in [6.45, 7) is 5.58. The Morgan fingerprint density at radius 2 is 2.15 bits per heavy atom. The molecule has 1 saturated heterocycles. The SMILES string of the molecule is CCc1n[nH]c(CN2CCCN(C(=O)c3ccc(OC)c(F)c3)CC2)n1. The zero-order valence-corrected chi connectivity index (χ0v) is 15.2. The highest BCUT2D eigenvalue weighted by Crippen LogP contribution is 2.19. The quantitative estimate of drug-likeness (QED) is 0.880. The fraction of sp³-hybridized carbons (Fsp3) is 0.500. The molecule has 0 spiro atoms. The molecule has 0 aliphatic carbocycles. The van der Waals surface area contributed by atoms with Crippen molar-refractivity contribution in [2.24, 2.45) is 0 Å². The molecule has 1 aromatic heterocycles. The molecule has 26 heavy (non-hydrogen) atoms. The Hall–Kier alpha value is -2.48. The van der Waals surface area contributed by atoms with E-state index in [0.29, 0.717) is 25.2 Å². The number of nitrogens with zero attached hydrogens (tertiary/aromatic N) is 4. The molecule has 7 nitrogen and oxygen atoms in total. The molecule has 1 fully saturated rings. The highest BCUT2D eigenvalue weighted by Gasteiger charge is 2.22. The third-order valence-electron chi connectivity index (χ3n) is 4.54. The van der Waals surface area contributed by atoms with Gasteiger partial charge in [-0.05, 0) is 24.6 Å². The summed E-state index contributed by atoms with van der Waals surface area (Å²) in [5.74, 6) is 1.13. The first-order valence-electron chi connectivity index (χ1n) is 8.86. The van der Waals surface area contributed by atoms with Crippen LogP contribution in [-0.4, -0.2) is 64.2 Å². The van der Waals surface area contributed by atoms with Crippen LogP contribution in [0.25, 0.3) is 0 Å². The molecule has 3 rings (SSSR count). The Morgan fingerprint density at radius 1 is 1.31 bits per heavy atom. The van der Waals surface area contributed by atoms with Crippen molar-refractivity contribution in [1.29, 1.82) is 0 Å². The van der Waals surface area contributed by atoms with Gasteiger partial charge in [-0.15, -0.1) is 0 Å². The molecule has 8 heteroatoms. The van der Waals surface area contributed by atoms with Gasteiger partial charge < -0.3 is 9.64 Å². The van der Waals surface area contributed by atoms with E-state index < -0.39 is 5.82 Å². The van der Waals surface area contributed by atoms with Gasteiger partial charge in [0.05, 0.1) is 13.7 Å². The van der Waals surface area contributed by atoms with Gasteiger partial charge in [-0.2, -0.15) is 5.10 Å². The standard InChI is InChI=1S/C18H24FN5O2/c1-3-16-20-17(22-21-16)12-23-7-4-8-24(10-9-23)18(25)13-5-6-15(26-2)14(19)11-13/h5-6,11H,3-4,7-10,12H2,1-2H3,(H,20,21,22). The highest BCUT2D eigenvalue weighted by molar-refractivity contribution is 5.94. The number of rotatable bonds is 5. The zero-order chi connectivity index (χ0) is 18.5. The van der Waals surface area contributed by atoms with Gasteiger partial charge in [0, 0.05) is 38.2 Å². The van der Waals surface area contributed by atoms with Crippen molar-refractivity contribution < 1.29 is 13.9 Å². The molecule has 0 bridgehead atoms. The molecular weight excluding hydrogens is 337 g/mol. The van der Waals surface area contributed by atoms with Gasteiger partial charge in [-0.25, -0.2) is 9.37 Å². The van der Waals surface area contributed by atoms with Crippen molar-refractivity contribution in [2.45, 2.75) is 26.3 Å². The number of carbonyl (C=O) groups is 1. The van der Waals surface area contributed by atoms with E-state index in [0.717, 1.165) is 37.6 Å². The van der Waals surface area contributed by atoms with Crippen LogP contribution in [0.1, 0.15) is 35.4 Å². The Balaban J connectivity index is 1.60. The Kier molecular flexibility index (Phi) is 5.82. The third kappa shape index (κ3) is 4.19. The number of nitrogens with one attached hydrogen (secondary N) is 1. The topological polar surface area (TPSA) is 74.4 Å². The van der Waals surface area contributed by atoms with E-state index >= 15 is 0 Å². The number of benzene rings is 1. The largest absolute Gasteiger partial charge is 0.494 e. The maximum Gasteiger partial charge on any atom is 0.254 e. The molecule has 0 unspecified atom stereocenters. The molecule has 1 aliphatic heterocycles. The number of carbonyl (C=O) groups excluding carboxylic acids is 1. The lowest BCUT2D eigenvalue weighted by Gasteiger charge is -2.21. The van der Waals surface area contributed by atoms with Crippen LogP contribution >= 0.6 is 0 Å². The average molecular weight is 361 g/mol. The van der Waals surface area contributed by atoms with Gasteiger partial charge in [0.25, 0.3) is 5.91 Å². The minimum absolute atomic E-state index is 0.141. The zero-order valence-electron chi connectivity index (χ0n) is 15.2. The summed E-state index contributed by atoms with van der Waals surface area (Å²) in [7, 11) is 1.40. The molecule has 1 N–H and O–H groups in total. The van der Waals surface area contributed by atoms with E-state index in [1.165, 1.54) is 19.2 Å². The molecule has 140 valence electrons. The number of H-pyrrole nitrogens is 1. The predicted octanol–water partition coefficient (Wildman–Crippen LogP) is 1.86. The lowest BCUT2D eigenvalue weighted by molar-refractivity contribution is 0.0760. The van der Waals surface area contributed by atoms with Crippen molar-refractivity contribution in [1.82, 2.24) is 25.0 Å². The number of aromatic nitrogens is 3. The van der Waals surface area contributed by atoms with Crippen LogP contribution in [0.4, 0.5) is 4.39 Å². The van der Waals surface area contributed by atoms with Crippen LogP contribution in [0.2, 0.25) is 0 Å². The Bertz CT molecular complexity index is 764. The number of halogens is 1. The normalized spacial score (nSPS) is 15.7. The molecule has 0 atom stereocenters. The number of methoxy groups -OCH3 is 1. The number of aryl methyl sites for hydroxylation is 1. The van der Waals surface area contributed by atoms with Crippen LogP contribution in [-0.2, 0) is 13.0 Å². The average Bonchev–Trinajstić information content (AvgIpc) is 2.98. The summed E-state index contributed by atoms with van der Waals surface area (Å²) in [5, 5.41) is 7.12. The minimum Gasteiger partial charge on any atom is -0.494 e. The first kappa shape index (κ1) is 18.3. The number of hydrogen-bond donors (Lipinski definition) is 1. The maximum atomic E-state index is 13.9. The van der Waals surface area contributed by atoms with Gasteiger partial charge in [0.1, 0.15) is 11.6 Å². The monoisotopic (exact) mass is 361 g/mol. The van der Waals surface area contributed by atoms with Crippen molar-refractivity contribution in [2.75, 3.05) is 33.3 Å². The second-order valence-corrected chi connectivity index (χ2v) is 6.32.